The third-order valence-corrected chi connectivity index (χ3v) is 5.34. The van der Waals surface area contributed by atoms with E-state index in [9.17, 15) is 0 Å². The molecule has 0 bridgehead atoms. The molecule has 1 aliphatic carbocycles. The van der Waals surface area contributed by atoms with E-state index < -0.39 is 0 Å². The van der Waals surface area contributed by atoms with E-state index in [-0.39, 0.29) is 0 Å². The van der Waals surface area contributed by atoms with Gasteiger partial charge in [-0.05, 0) is 24.1 Å². The molecule has 0 aliphatic heterocycles. The van der Waals surface area contributed by atoms with Gasteiger partial charge in [0, 0.05) is 18.8 Å². The van der Waals surface area contributed by atoms with Gasteiger partial charge in [0.1, 0.15) is 5.01 Å². The first-order valence-corrected chi connectivity index (χ1v) is 9.20. The molecule has 0 radical (unpaired) electrons. The minimum absolute atomic E-state index is 0.660. The normalized spacial score (nSPS) is 15.0. The van der Waals surface area contributed by atoms with E-state index >= 15 is 0 Å². The predicted octanol–water partition coefficient (Wildman–Crippen LogP) is 3.46. The molecule has 3 aromatic rings. The number of aromatic nitrogens is 5. The number of pyridine rings is 1. The molecule has 0 saturated heterocycles. The highest BCUT2D eigenvalue weighted by molar-refractivity contribution is 7.15. The van der Waals surface area contributed by atoms with Gasteiger partial charge in [0.15, 0.2) is 0 Å². The van der Waals surface area contributed by atoms with E-state index in [0.29, 0.717) is 6.54 Å². The van der Waals surface area contributed by atoms with Crippen LogP contribution in [-0.2, 0) is 13.0 Å². The Labute approximate surface area is 145 Å². The first kappa shape index (κ1) is 15.3. The summed E-state index contributed by atoms with van der Waals surface area (Å²) in [5.74, 6) is 0.804. The number of hydrogen-bond donors (Lipinski definition) is 1. The lowest BCUT2D eigenvalue weighted by atomic mass is 10.1. The van der Waals surface area contributed by atoms with Crippen LogP contribution in [0.25, 0.3) is 5.69 Å². The van der Waals surface area contributed by atoms with E-state index in [4.69, 9.17) is 0 Å². The van der Waals surface area contributed by atoms with Gasteiger partial charge in [0.25, 0.3) is 0 Å². The summed E-state index contributed by atoms with van der Waals surface area (Å²) in [7, 11) is 0. The second kappa shape index (κ2) is 7.09. The number of nitrogens with zero attached hydrogens (tertiary/aromatic N) is 5. The van der Waals surface area contributed by atoms with Crippen molar-refractivity contribution >= 4 is 16.5 Å². The van der Waals surface area contributed by atoms with Crippen LogP contribution >= 0.6 is 11.3 Å². The minimum Gasteiger partial charge on any atom is -0.354 e. The second-order valence-electron chi connectivity index (χ2n) is 6.15. The molecule has 0 aromatic carbocycles. The lowest BCUT2D eigenvalue weighted by molar-refractivity contribution is 0.542. The van der Waals surface area contributed by atoms with Gasteiger partial charge in [-0.2, -0.15) is 5.10 Å². The van der Waals surface area contributed by atoms with Crippen molar-refractivity contribution in [3.05, 3.63) is 47.5 Å². The quantitative estimate of drug-likeness (QED) is 0.744. The van der Waals surface area contributed by atoms with Crippen molar-refractivity contribution < 1.29 is 0 Å². The van der Waals surface area contributed by atoms with Gasteiger partial charge in [-0.3, -0.25) is 4.98 Å². The Bertz CT molecular complexity index is 775. The molecule has 0 spiro atoms. The third-order valence-electron chi connectivity index (χ3n) is 4.44. The lowest BCUT2D eigenvalue weighted by Crippen LogP contribution is -2.07. The van der Waals surface area contributed by atoms with E-state index in [0.717, 1.165) is 33.9 Å². The van der Waals surface area contributed by atoms with Crippen molar-refractivity contribution in [2.24, 2.45) is 5.92 Å². The summed E-state index contributed by atoms with van der Waals surface area (Å²) in [5, 5.41) is 18.4. The van der Waals surface area contributed by atoms with Crippen LogP contribution in [-0.4, -0.2) is 25.0 Å². The molecular formula is C17H20N6S. The summed E-state index contributed by atoms with van der Waals surface area (Å²) in [6.07, 6.45) is 11.9. The van der Waals surface area contributed by atoms with Crippen LogP contribution in [0.3, 0.4) is 0 Å². The van der Waals surface area contributed by atoms with Gasteiger partial charge >= 0.3 is 0 Å². The van der Waals surface area contributed by atoms with Gasteiger partial charge in [-0.15, -0.1) is 10.2 Å². The molecule has 0 atom stereocenters. The van der Waals surface area contributed by atoms with Crippen LogP contribution in [0.5, 0.6) is 0 Å². The Balaban J connectivity index is 1.39. The zero-order valence-corrected chi connectivity index (χ0v) is 14.2. The van der Waals surface area contributed by atoms with Gasteiger partial charge in [0.05, 0.1) is 24.1 Å². The monoisotopic (exact) mass is 340 g/mol. The van der Waals surface area contributed by atoms with Gasteiger partial charge < -0.3 is 5.32 Å². The number of rotatable bonds is 6. The van der Waals surface area contributed by atoms with E-state index in [1.165, 1.54) is 25.7 Å². The fourth-order valence-corrected chi connectivity index (χ4v) is 4.06. The largest absolute Gasteiger partial charge is 0.354 e. The smallest absolute Gasteiger partial charge is 0.205 e. The maximum absolute atomic E-state index is 4.38. The molecule has 24 heavy (non-hydrogen) atoms. The average Bonchev–Trinajstić information content (AvgIpc) is 3.36. The van der Waals surface area contributed by atoms with Crippen LogP contribution in [0.1, 0.15) is 36.4 Å². The second-order valence-corrected chi connectivity index (χ2v) is 7.22. The number of hydrogen-bond acceptors (Lipinski definition) is 6. The Morgan fingerprint density at radius 2 is 2.08 bits per heavy atom. The molecule has 3 aromatic heterocycles. The summed E-state index contributed by atoms with van der Waals surface area (Å²) in [6.45, 7) is 0.660. The first-order chi connectivity index (χ1) is 11.9. The molecule has 4 rings (SSSR count). The molecule has 0 amide bonds. The third kappa shape index (κ3) is 3.46. The van der Waals surface area contributed by atoms with Crippen molar-refractivity contribution in [3.63, 3.8) is 0 Å². The highest BCUT2D eigenvalue weighted by Gasteiger charge is 2.17. The SMILES string of the molecule is c1cncc(-n2nccc2CNc2nnc(CC3CCCC3)s2)c1. The highest BCUT2D eigenvalue weighted by Crippen LogP contribution is 2.29. The topological polar surface area (TPSA) is 68.5 Å². The molecule has 1 saturated carbocycles. The molecular weight excluding hydrogens is 320 g/mol. The maximum Gasteiger partial charge on any atom is 0.205 e. The molecule has 7 heteroatoms. The van der Waals surface area contributed by atoms with E-state index in [2.05, 4.69) is 25.6 Å². The minimum atomic E-state index is 0.660. The zero-order valence-electron chi connectivity index (χ0n) is 13.4. The van der Waals surface area contributed by atoms with Crippen LogP contribution in [0.2, 0.25) is 0 Å². The Hall–Kier alpha value is -2.28. The van der Waals surface area contributed by atoms with Crippen LogP contribution in [0, 0.1) is 5.92 Å². The number of nitrogens with one attached hydrogen (secondary N) is 1. The summed E-state index contributed by atoms with van der Waals surface area (Å²) in [5.41, 5.74) is 2.02. The molecule has 1 aliphatic rings. The number of anilines is 1. The fourth-order valence-electron chi connectivity index (χ4n) is 3.21. The Morgan fingerprint density at radius 3 is 2.92 bits per heavy atom. The average molecular weight is 340 g/mol. The summed E-state index contributed by atoms with van der Waals surface area (Å²) < 4.78 is 1.89. The van der Waals surface area contributed by atoms with Crippen molar-refractivity contribution in [2.45, 2.75) is 38.6 Å². The molecule has 1 fully saturated rings. The first-order valence-electron chi connectivity index (χ1n) is 8.38. The summed E-state index contributed by atoms with van der Waals surface area (Å²) in [4.78, 5) is 4.15. The molecule has 124 valence electrons. The van der Waals surface area contributed by atoms with Crippen molar-refractivity contribution in [1.82, 2.24) is 25.0 Å². The summed E-state index contributed by atoms with van der Waals surface area (Å²) >= 11 is 1.67. The van der Waals surface area contributed by atoms with Gasteiger partial charge in [-0.25, -0.2) is 4.68 Å². The molecule has 3 heterocycles. The van der Waals surface area contributed by atoms with E-state index in [1.807, 2.05) is 22.9 Å². The van der Waals surface area contributed by atoms with Gasteiger partial charge in [0.2, 0.25) is 5.13 Å². The lowest BCUT2D eigenvalue weighted by Gasteiger charge is -2.07. The van der Waals surface area contributed by atoms with E-state index in [1.54, 1.807) is 29.9 Å². The molecule has 1 N–H and O–H groups in total. The zero-order chi connectivity index (χ0) is 16.2. The predicted molar refractivity (Wildman–Crippen MR) is 94.3 cm³/mol. The van der Waals surface area contributed by atoms with Crippen LogP contribution in [0.4, 0.5) is 5.13 Å². The maximum atomic E-state index is 4.38. The summed E-state index contributed by atoms with van der Waals surface area (Å²) in [6, 6.07) is 5.91. The molecule has 0 unspecified atom stereocenters. The van der Waals surface area contributed by atoms with Crippen LogP contribution in [0.15, 0.2) is 36.8 Å². The van der Waals surface area contributed by atoms with Crippen LogP contribution < -0.4 is 5.32 Å². The van der Waals surface area contributed by atoms with Crippen molar-refractivity contribution in [1.29, 1.82) is 0 Å². The van der Waals surface area contributed by atoms with Crippen molar-refractivity contribution in [3.8, 4) is 5.69 Å². The highest BCUT2D eigenvalue weighted by atomic mass is 32.1. The standard InChI is InChI=1S/C17H20N6S/c1-2-5-13(4-1)10-16-21-22-17(24-16)19-12-15-7-9-20-23(15)14-6-3-8-18-11-14/h3,6-9,11,13H,1-2,4-5,10,12H2,(H,19,22). The Morgan fingerprint density at radius 1 is 1.17 bits per heavy atom. The van der Waals surface area contributed by atoms with Crippen molar-refractivity contribution in [2.75, 3.05) is 5.32 Å². The Kier molecular flexibility index (Phi) is 4.51. The molecule has 6 nitrogen and oxygen atoms in total. The fraction of sp³-hybridized carbons (Fsp3) is 0.412. The van der Waals surface area contributed by atoms with Gasteiger partial charge in [-0.1, -0.05) is 37.0 Å².